The maximum Gasteiger partial charge on any atom is 0.416 e. The van der Waals surface area contributed by atoms with Crippen LogP contribution in [0.1, 0.15) is 16.7 Å². The molecule has 0 atom stereocenters. The van der Waals surface area contributed by atoms with Gasteiger partial charge in [-0.2, -0.15) is 26.3 Å². The van der Waals surface area contributed by atoms with E-state index in [0.717, 1.165) is 11.0 Å². The molecule has 0 radical (unpaired) electrons. The van der Waals surface area contributed by atoms with E-state index in [4.69, 9.17) is 4.74 Å². The number of nitrogens with zero attached hydrogens (tertiary/aromatic N) is 6. The Morgan fingerprint density at radius 1 is 0.969 bits per heavy atom. The van der Waals surface area contributed by atoms with Crippen molar-refractivity contribution in [2.24, 2.45) is 4.99 Å². The maximum absolute atomic E-state index is 13.1. The molecule has 3 aromatic rings. The normalized spacial score (nSPS) is 14.9. The fourth-order valence-electron chi connectivity index (χ4n) is 2.88. The predicted molar refractivity (Wildman–Crippen MR) is 99.9 cm³/mol. The van der Waals surface area contributed by atoms with Crippen molar-refractivity contribution in [3.8, 4) is 11.4 Å². The molecule has 0 amide bonds. The third kappa shape index (κ3) is 4.60. The molecule has 0 bridgehead atoms. The fraction of sp³-hybridized carbons (Fsp3) is 0.211. The summed E-state index contributed by atoms with van der Waals surface area (Å²) < 4.78 is 85.4. The van der Waals surface area contributed by atoms with E-state index in [0.29, 0.717) is 36.4 Å². The summed E-state index contributed by atoms with van der Waals surface area (Å²) in [6, 6.07) is 1.17. The third-order valence-corrected chi connectivity index (χ3v) is 4.30. The molecule has 0 fully saturated rings. The van der Waals surface area contributed by atoms with Gasteiger partial charge in [-0.1, -0.05) is 0 Å². The molecule has 3 heterocycles. The van der Waals surface area contributed by atoms with Crippen molar-refractivity contribution in [1.82, 2.24) is 24.7 Å². The zero-order valence-corrected chi connectivity index (χ0v) is 15.9. The molecule has 32 heavy (non-hydrogen) atoms. The van der Waals surface area contributed by atoms with Crippen LogP contribution in [0.3, 0.4) is 0 Å². The van der Waals surface area contributed by atoms with Crippen LogP contribution in [0.4, 0.5) is 26.3 Å². The van der Waals surface area contributed by atoms with Gasteiger partial charge in [0.2, 0.25) is 5.90 Å². The quantitative estimate of drug-likeness (QED) is 0.553. The molecule has 0 N–H and O–H groups in total. The Hall–Kier alpha value is -3.77. The summed E-state index contributed by atoms with van der Waals surface area (Å²) in [5.74, 6) is -0.0499. The predicted octanol–water partition coefficient (Wildman–Crippen LogP) is 4.20. The highest BCUT2D eigenvalue weighted by atomic mass is 19.4. The van der Waals surface area contributed by atoms with Crippen LogP contribution in [0.25, 0.3) is 23.2 Å². The Bertz CT molecular complexity index is 1150. The summed E-state index contributed by atoms with van der Waals surface area (Å²) in [6.07, 6.45) is -3.10. The Labute approximate surface area is 176 Å². The summed E-state index contributed by atoms with van der Waals surface area (Å²) >= 11 is 0. The Morgan fingerprint density at radius 2 is 1.62 bits per heavy atom. The van der Waals surface area contributed by atoms with Crippen molar-refractivity contribution < 1.29 is 31.1 Å². The molecule has 0 unspecified atom stereocenters. The minimum atomic E-state index is -4.98. The van der Waals surface area contributed by atoms with E-state index in [1.54, 1.807) is 0 Å². The van der Waals surface area contributed by atoms with E-state index in [1.165, 1.54) is 24.9 Å². The van der Waals surface area contributed by atoms with Gasteiger partial charge in [0.25, 0.3) is 0 Å². The van der Waals surface area contributed by atoms with E-state index in [1.807, 2.05) is 0 Å². The molecule has 1 aromatic carbocycles. The van der Waals surface area contributed by atoms with Crippen LogP contribution in [0.5, 0.6) is 0 Å². The minimum Gasteiger partial charge on any atom is -0.475 e. The van der Waals surface area contributed by atoms with E-state index in [9.17, 15) is 26.3 Å². The number of benzene rings is 1. The summed E-state index contributed by atoms with van der Waals surface area (Å²) in [5, 5.41) is 4.01. The van der Waals surface area contributed by atoms with Gasteiger partial charge < -0.3 is 4.74 Å². The Balaban J connectivity index is 1.76. The largest absolute Gasteiger partial charge is 0.475 e. The summed E-state index contributed by atoms with van der Waals surface area (Å²) in [5.41, 5.74) is -2.41. The van der Waals surface area contributed by atoms with Crippen LogP contribution < -0.4 is 0 Å². The molecule has 0 saturated carbocycles. The van der Waals surface area contributed by atoms with E-state index >= 15 is 0 Å². The summed E-state index contributed by atoms with van der Waals surface area (Å²) in [4.78, 5) is 15.9. The molecule has 0 saturated heterocycles. The van der Waals surface area contributed by atoms with Crippen molar-refractivity contribution in [3.63, 3.8) is 0 Å². The van der Waals surface area contributed by atoms with E-state index < -0.39 is 29.0 Å². The highest BCUT2D eigenvalue weighted by Gasteiger charge is 2.37. The summed E-state index contributed by atoms with van der Waals surface area (Å²) in [6.45, 7) is 0.779. The second-order valence-electron chi connectivity index (χ2n) is 6.55. The van der Waals surface area contributed by atoms with Crippen LogP contribution in [0, 0.1) is 0 Å². The van der Waals surface area contributed by atoms with E-state index in [2.05, 4.69) is 25.0 Å². The van der Waals surface area contributed by atoms with Crippen molar-refractivity contribution in [2.75, 3.05) is 13.2 Å². The van der Waals surface area contributed by atoms with Crippen molar-refractivity contribution in [1.29, 1.82) is 0 Å². The zero-order chi connectivity index (χ0) is 22.9. The lowest BCUT2D eigenvalue weighted by Gasteiger charge is -2.13. The topological polar surface area (TPSA) is 78.1 Å². The fourth-order valence-corrected chi connectivity index (χ4v) is 2.88. The minimum absolute atomic E-state index is 0.0451. The van der Waals surface area contributed by atoms with Gasteiger partial charge in [0, 0.05) is 29.7 Å². The lowest BCUT2D eigenvalue weighted by molar-refractivity contribution is -0.143. The Morgan fingerprint density at radius 3 is 2.19 bits per heavy atom. The van der Waals surface area contributed by atoms with Gasteiger partial charge in [-0.25, -0.2) is 24.6 Å². The maximum atomic E-state index is 13.1. The van der Waals surface area contributed by atoms with Gasteiger partial charge in [-0.05, 0) is 18.2 Å². The van der Waals surface area contributed by atoms with Crippen LogP contribution in [0.2, 0.25) is 0 Å². The average molecular weight is 454 g/mol. The SMILES string of the molecule is FC(F)(F)c1cc(-c2ncn(/C=C(/C3=NCCO3)c3cncnc3)n2)cc(C(F)(F)F)c1. The smallest absolute Gasteiger partial charge is 0.416 e. The molecule has 0 aliphatic carbocycles. The highest BCUT2D eigenvalue weighted by Crippen LogP contribution is 2.38. The number of aliphatic imine (C=N–C) groups is 1. The van der Waals surface area contributed by atoms with Crippen molar-refractivity contribution in [2.45, 2.75) is 12.4 Å². The summed E-state index contributed by atoms with van der Waals surface area (Å²) in [7, 11) is 0. The van der Waals surface area contributed by atoms with Crippen LogP contribution in [-0.2, 0) is 17.1 Å². The first-order chi connectivity index (χ1) is 15.1. The molecule has 0 spiro atoms. The molecule has 1 aliphatic heterocycles. The Kier molecular flexibility index (Phi) is 5.40. The second kappa shape index (κ2) is 8.05. The highest BCUT2D eigenvalue weighted by molar-refractivity contribution is 6.23. The first-order valence-corrected chi connectivity index (χ1v) is 8.97. The number of hydrogen-bond donors (Lipinski definition) is 0. The number of rotatable bonds is 4. The lowest BCUT2D eigenvalue weighted by Crippen LogP contribution is -2.11. The van der Waals surface area contributed by atoms with Crippen LogP contribution >= 0.6 is 0 Å². The zero-order valence-electron chi connectivity index (χ0n) is 15.9. The average Bonchev–Trinajstić information content (AvgIpc) is 3.43. The molecule has 2 aromatic heterocycles. The monoisotopic (exact) mass is 454 g/mol. The van der Waals surface area contributed by atoms with Crippen molar-refractivity contribution >= 4 is 17.7 Å². The number of halogens is 6. The lowest BCUT2D eigenvalue weighted by atomic mass is 10.0. The van der Waals surface area contributed by atoms with Gasteiger partial charge in [0.1, 0.15) is 19.3 Å². The van der Waals surface area contributed by atoms with Gasteiger partial charge in [-0.3, -0.25) is 0 Å². The number of alkyl halides is 6. The number of ether oxygens (including phenoxy) is 1. The number of aromatic nitrogens is 5. The molecule has 7 nitrogen and oxygen atoms in total. The van der Waals surface area contributed by atoms with Gasteiger partial charge >= 0.3 is 12.4 Å². The standard InChI is InChI=1S/C19H12F6N6O/c20-18(21,22)13-3-11(4-14(5-13)19(23,24)25)16-29-10-31(30-16)8-15(17-28-1-2-32-17)12-6-26-9-27-7-12/h3-10H,1-2H2/b15-8+. The first-order valence-electron chi connectivity index (χ1n) is 8.97. The first kappa shape index (κ1) is 21.5. The van der Waals surface area contributed by atoms with Gasteiger partial charge in [0.15, 0.2) is 5.82 Å². The molecular formula is C19H12F6N6O. The molecule has 1 aliphatic rings. The second-order valence-corrected chi connectivity index (χ2v) is 6.55. The third-order valence-electron chi connectivity index (χ3n) is 4.30. The van der Waals surface area contributed by atoms with Gasteiger partial charge in [0.05, 0.1) is 23.2 Å². The molecule has 4 rings (SSSR count). The molecule has 13 heteroatoms. The van der Waals surface area contributed by atoms with E-state index in [-0.39, 0.29) is 17.8 Å². The van der Waals surface area contributed by atoms with Crippen LogP contribution in [-0.4, -0.2) is 43.8 Å². The molecule has 166 valence electrons. The molecular weight excluding hydrogens is 442 g/mol. The van der Waals surface area contributed by atoms with Crippen molar-refractivity contribution in [3.05, 3.63) is 59.9 Å². The number of hydrogen-bond acceptors (Lipinski definition) is 6. The van der Waals surface area contributed by atoms with Crippen LogP contribution in [0.15, 0.2) is 48.2 Å². The van der Waals surface area contributed by atoms with Gasteiger partial charge in [-0.15, -0.1) is 5.10 Å².